The molecular formula is C21H26ClFN6O2. The van der Waals surface area contributed by atoms with Crippen LogP contribution in [0.15, 0.2) is 30.9 Å². The van der Waals surface area contributed by atoms with Gasteiger partial charge in [-0.3, -0.25) is 9.59 Å². The summed E-state index contributed by atoms with van der Waals surface area (Å²) in [5.41, 5.74) is 7.53. The van der Waals surface area contributed by atoms with Gasteiger partial charge in [0.15, 0.2) is 0 Å². The number of nitrogens with zero attached hydrogens (tertiary/aromatic N) is 4. The van der Waals surface area contributed by atoms with Crippen LogP contribution in [0, 0.1) is 5.92 Å². The Labute approximate surface area is 184 Å². The van der Waals surface area contributed by atoms with Gasteiger partial charge in [-0.2, -0.15) is 5.10 Å². The van der Waals surface area contributed by atoms with Crippen molar-refractivity contribution in [3.8, 4) is 5.69 Å². The van der Waals surface area contributed by atoms with E-state index in [0.29, 0.717) is 23.0 Å². The van der Waals surface area contributed by atoms with Crippen LogP contribution in [0.5, 0.6) is 0 Å². The Morgan fingerprint density at radius 3 is 2.84 bits per heavy atom. The van der Waals surface area contributed by atoms with Crippen LogP contribution in [0.3, 0.4) is 0 Å². The Hall–Kier alpha value is -2.52. The van der Waals surface area contributed by atoms with Crippen LogP contribution < -0.4 is 11.1 Å². The molecular weight excluding hydrogens is 423 g/mol. The van der Waals surface area contributed by atoms with Gasteiger partial charge in [-0.15, -0.1) is 0 Å². The van der Waals surface area contributed by atoms with Crippen molar-refractivity contribution in [1.29, 1.82) is 0 Å². The lowest BCUT2D eigenvalue weighted by molar-refractivity contribution is -0.139. The summed E-state index contributed by atoms with van der Waals surface area (Å²) in [4.78, 5) is 31.0. The fourth-order valence-corrected chi connectivity index (χ4v) is 4.42. The maximum absolute atomic E-state index is 14.2. The smallest absolute Gasteiger partial charge is 0.243 e. The molecule has 1 saturated heterocycles. The molecule has 10 heteroatoms. The number of alkyl halides is 1. The van der Waals surface area contributed by atoms with Crippen molar-refractivity contribution in [2.75, 3.05) is 6.54 Å². The number of nitrogens with one attached hydrogen (secondary N) is 1. The molecule has 1 aromatic carbocycles. The summed E-state index contributed by atoms with van der Waals surface area (Å²) in [6, 6.07) is 3.66. The number of aromatic nitrogens is 3. The molecule has 2 amide bonds. The van der Waals surface area contributed by atoms with Crippen LogP contribution in [0.1, 0.15) is 37.7 Å². The lowest BCUT2D eigenvalue weighted by Crippen LogP contribution is -2.51. The zero-order chi connectivity index (χ0) is 22.0. The van der Waals surface area contributed by atoms with E-state index >= 15 is 0 Å². The third-order valence-corrected chi connectivity index (χ3v) is 6.36. The van der Waals surface area contributed by atoms with Crippen LogP contribution in [0.4, 0.5) is 4.39 Å². The first-order valence-corrected chi connectivity index (χ1v) is 10.9. The van der Waals surface area contributed by atoms with E-state index in [4.69, 9.17) is 17.3 Å². The second kappa shape index (κ2) is 9.32. The maximum Gasteiger partial charge on any atom is 0.243 e. The number of likely N-dealkylation sites (tertiary alicyclic amines) is 1. The Morgan fingerprint density at radius 2 is 2.16 bits per heavy atom. The zero-order valence-corrected chi connectivity index (χ0v) is 17.8. The van der Waals surface area contributed by atoms with E-state index < -0.39 is 24.2 Å². The SMILES string of the molecule is N[C@H](CC1CCC1)C(=O)N1C[C@H](F)C[C@H]1C(=O)NCc1cc(Cl)ccc1-n1cncn1. The summed E-state index contributed by atoms with van der Waals surface area (Å²) in [5.74, 6) is -0.305. The predicted molar refractivity (Wildman–Crippen MR) is 113 cm³/mol. The Bertz CT molecular complexity index is 936. The van der Waals surface area contributed by atoms with Crippen LogP contribution in [0.25, 0.3) is 5.69 Å². The van der Waals surface area contributed by atoms with Gasteiger partial charge in [-0.1, -0.05) is 30.9 Å². The van der Waals surface area contributed by atoms with E-state index in [1.807, 2.05) is 0 Å². The lowest BCUT2D eigenvalue weighted by Gasteiger charge is -2.31. The number of benzene rings is 1. The number of amides is 2. The van der Waals surface area contributed by atoms with Gasteiger partial charge in [0.2, 0.25) is 11.8 Å². The normalized spacial score (nSPS) is 22.2. The van der Waals surface area contributed by atoms with Crippen LogP contribution in [-0.2, 0) is 16.1 Å². The standard InChI is InChI=1S/C21H26ClFN6O2/c22-15-4-5-18(29-12-25-11-27-29)14(7-15)9-26-20(30)19-8-16(23)10-28(19)21(31)17(24)6-13-2-1-3-13/h4-5,7,11-13,16-17,19H,1-3,6,8-10,24H2,(H,26,30)/t16-,17-,19+/m1/s1. The Kier molecular flexibility index (Phi) is 6.52. The number of hydrogen-bond acceptors (Lipinski definition) is 5. The molecule has 31 heavy (non-hydrogen) atoms. The number of rotatable bonds is 7. The molecule has 1 aromatic heterocycles. The number of halogens is 2. The van der Waals surface area contributed by atoms with Crippen molar-refractivity contribution in [2.45, 2.75) is 56.9 Å². The largest absolute Gasteiger partial charge is 0.350 e. The topological polar surface area (TPSA) is 106 Å². The molecule has 2 heterocycles. The molecule has 0 radical (unpaired) electrons. The van der Waals surface area contributed by atoms with Gasteiger partial charge < -0.3 is 16.0 Å². The molecule has 3 atom stereocenters. The van der Waals surface area contributed by atoms with E-state index in [1.165, 1.54) is 11.2 Å². The highest BCUT2D eigenvalue weighted by Gasteiger charge is 2.41. The van der Waals surface area contributed by atoms with E-state index in [9.17, 15) is 14.0 Å². The van der Waals surface area contributed by atoms with Crippen LogP contribution in [-0.4, -0.2) is 56.3 Å². The Balaban J connectivity index is 1.43. The molecule has 0 spiro atoms. The third kappa shape index (κ3) is 4.88. The molecule has 1 aliphatic carbocycles. The number of carbonyl (C=O) groups is 2. The van der Waals surface area contributed by atoms with Gasteiger partial charge in [0.25, 0.3) is 0 Å². The highest BCUT2D eigenvalue weighted by molar-refractivity contribution is 6.30. The highest BCUT2D eigenvalue weighted by Crippen LogP contribution is 2.31. The second-order valence-electron chi connectivity index (χ2n) is 8.31. The average Bonchev–Trinajstić information content (AvgIpc) is 3.38. The zero-order valence-electron chi connectivity index (χ0n) is 17.1. The third-order valence-electron chi connectivity index (χ3n) is 6.13. The molecule has 1 saturated carbocycles. The van der Waals surface area contributed by atoms with Crippen molar-refractivity contribution in [1.82, 2.24) is 25.0 Å². The van der Waals surface area contributed by atoms with Gasteiger partial charge in [0.05, 0.1) is 18.3 Å². The summed E-state index contributed by atoms with van der Waals surface area (Å²) < 4.78 is 15.7. The minimum absolute atomic E-state index is 0.0286. The lowest BCUT2D eigenvalue weighted by atomic mass is 9.81. The fraction of sp³-hybridized carbons (Fsp3) is 0.524. The summed E-state index contributed by atoms with van der Waals surface area (Å²) in [7, 11) is 0. The molecule has 0 bridgehead atoms. The minimum atomic E-state index is -1.24. The maximum atomic E-state index is 14.2. The second-order valence-corrected chi connectivity index (χ2v) is 8.75. The molecule has 3 N–H and O–H groups in total. The minimum Gasteiger partial charge on any atom is -0.350 e. The van der Waals surface area contributed by atoms with E-state index in [-0.39, 0.29) is 25.4 Å². The van der Waals surface area contributed by atoms with Crippen molar-refractivity contribution in [3.63, 3.8) is 0 Å². The molecule has 4 rings (SSSR count). The first-order valence-electron chi connectivity index (χ1n) is 10.5. The van der Waals surface area contributed by atoms with Crippen molar-refractivity contribution in [2.24, 2.45) is 11.7 Å². The van der Waals surface area contributed by atoms with Gasteiger partial charge >= 0.3 is 0 Å². The summed E-state index contributed by atoms with van der Waals surface area (Å²) in [6.07, 6.45) is 5.58. The molecule has 2 fully saturated rings. The van der Waals surface area contributed by atoms with Gasteiger partial charge in [-0.05, 0) is 36.1 Å². The number of hydrogen-bond donors (Lipinski definition) is 2. The van der Waals surface area contributed by atoms with E-state index in [0.717, 1.165) is 24.8 Å². The molecule has 2 aromatic rings. The predicted octanol–water partition coefficient (Wildman–Crippen LogP) is 1.99. The van der Waals surface area contributed by atoms with Crippen molar-refractivity contribution < 1.29 is 14.0 Å². The summed E-state index contributed by atoms with van der Waals surface area (Å²) in [6.45, 7) is 0.0505. The van der Waals surface area contributed by atoms with Crippen molar-refractivity contribution in [3.05, 3.63) is 41.4 Å². The van der Waals surface area contributed by atoms with Crippen molar-refractivity contribution >= 4 is 23.4 Å². The first-order chi connectivity index (χ1) is 14.9. The summed E-state index contributed by atoms with van der Waals surface area (Å²) in [5, 5.41) is 7.44. The van der Waals surface area contributed by atoms with Crippen LogP contribution >= 0.6 is 11.6 Å². The number of carbonyl (C=O) groups excluding carboxylic acids is 2. The van der Waals surface area contributed by atoms with E-state index in [2.05, 4.69) is 15.4 Å². The molecule has 2 aliphatic rings. The van der Waals surface area contributed by atoms with Gasteiger partial charge in [0.1, 0.15) is 24.9 Å². The molecule has 0 unspecified atom stereocenters. The highest BCUT2D eigenvalue weighted by atomic mass is 35.5. The van der Waals surface area contributed by atoms with E-state index in [1.54, 1.807) is 29.2 Å². The van der Waals surface area contributed by atoms with Crippen LogP contribution in [0.2, 0.25) is 5.02 Å². The quantitative estimate of drug-likeness (QED) is 0.673. The average molecular weight is 449 g/mol. The molecule has 1 aliphatic heterocycles. The molecule has 8 nitrogen and oxygen atoms in total. The fourth-order valence-electron chi connectivity index (χ4n) is 4.23. The van der Waals surface area contributed by atoms with Gasteiger partial charge in [-0.25, -0.2) is 14.1 Å². The number of nitrogens with two attached hydrogens (primary N) is 1. The monoisotopic (exact) mass is 448 g/mol. The van der Waals surface area contributed by atoms with Gasteiger partial charge in [0, 0.05) is 18.0 Å². The summed E-state index contributed by atoms with van der Waals surface area (Å²) >= 11 is 6.12. The Morgan fingerprint density at radius 1 is 1.35 bits per heavy atom. The molecule has 166 valence electrons. The first kappa shape index (κ1) is 21.7.